The molecule has 0 aliphatic rings. The predicted octanol–water partition coefficient (Wildman–Crippen LogP) is 2.51. The number of hydrogen-bond acceptors (Lipinski definition) is 4. The fourth-order valence-electron chi connectivity index (χ4n) is 1.68. The summed E-state index contributed by atoms with van der Waals surface area (Å²) >= 11 is 0. The molecule has 1 unspecified atom stereocenters. The van der Waals surface area contributed by atoms with Crippen LogP contribution in [0.1, 0.15) is 48.0 Å². The molecule has 0 aromatic carbocycles. The molecule has 6 heteroatoms. The van der Waals surface area contributed by atoms with Crippen molar-refractivity contribution < 1.29 is 24.2 Å². The third-order valence-corrected chi connectivity index (χ3v) is 2.87. The molecule has 0 bridgehead atoms. The van der Waals surface area contributed by atoms with E-state index < -0.39 is 29.3 Å². The largest absolute Gasteiger partial charge is 0.480 e. The van der Waals surface area contributed by atoms with Gasteiger partial charge < -0.3 is 14.6 Å². The van der Waals surface area contributed by atoms with Gasteiger partial charge in [0.05, 0.1) is 5.60 Å². The van der Waals surface area contributed by atoms with Crippen molar-refractivity contribution in [3.8, 4) is 0 Å². The van der Waals surface area contributed by atoms with Gasteiger partial charge in [0.25, 0.3) is 0 Å². The standard InChI is InChI=1S/C14H27NO5/c1-8-15(12(18)20-13(2,3)4)10(11(16)17)9-14(5,6)19-7/h10H,8-9H2,1-7H3,(H,16,17). The summed E-state index contributed by atoms with van der Waals surface area (Å²) in [6, 6.07) is -0.982. The summed E-state index contributed by atoms with van der Waals surface area (Å²) in [5, 5.41) is 9.38. The van der Waals surface area contributed by atoms with Crippen LogP contribution in [0.4, 0.5) is 4.79 Å². The number of ether oxygens (including phenoxy) is 2. The zero-order valence-corrected chi connectivity index (χ0v) is 13.5. The number of aliphatic carboxylic acids is 1. The molecule has 0 aliphatic carbocycles. The summed E-state index contributed by atoms with van der Waals surface area (Å²) < 4.78 is 10.5. The molecule has 1 amide bonds. The topological polar surface area (TPSA) is 76.1 Å². The van der Waals surface area contributed by atoms with Crippen LogP contribution in [-0.2, 0) is 14.3 Å². The van der Waals surface area contributed by atoms with Crippen LogP contribution in [0.15, 0.2) is 0 Å². The summed E-state index contributed by atoms with van der Waals surface area (Å²) in [6.07, 6.45) is -0.439. The molecule has 1 atom stereocenters. The van der Waals surface area contributed by atoms with E-state index >= 15 is 0 Å². The van der Waals surface area contributed by atoms with Crippen LogP contribution >= 0.6 is 0 Å². The van der Waals surface area contributed by atoms with E-state index in [0.29, 0.717) is 0 Å². The number of carbonyl (C=O) groups excluding carboxylic acids is 1. The zero-order chi connectivity index (χ0) is 16.1. The lowest BCUT2D eigenvalue weighted by molar-refractivity contribution is -0.146. The van der Waals surface area contributed by atoms with Crippen LogP contribution in [0.25, 0.3) is 0 Å². The Hall–Kier alpha value is -1.30. The highest BCUT2D eigenvalue weighted by Gasteiger charge is 2.36. The molecular weight excluding hydrogens is 262 g/mol. The summed E-state index contributed by atoms with van der Waals surface area (Å²) in [7, 11) is 1.52. The molecule has 0 aromatic rings. The van der Waals surface area contributed by atoms with Crippen molar-refractivity contribution in [2.24, 2.45) is 0 Å². The van der Waals surface area contributed by atoms with Gasteiger partial charge in [-0.25, -0.2) is 9.59 Å². The average Bonchev–Trinajstić information content (AvgIpc) is 2.26. The van der Waals surface area contributed by atoms with Gasteiger partial charge in [0.2, 0.25) is 0 Å². The van der Waals surface area contributed by atoms with Crippen molar-refractivity contribution in [2.45, 2.75) is 65.2 Å². The van der Waals surface area contributed by atoms with Gasteiger partial charge in [-0.3, -0.25) is 4.90 Å². The minimum Gasteiger partial charge on any atom is -0.480 e. The number of carboxylic acids is 1. The number of rotatable bonds is 6. The van der Waals surface area contributed by atoms with E-state index in [4.69, 9.17) is 9.47 Å². The molecule has 0 rings (SSSR count). The molecule has 118 valence electrons. The summed E-state index contributed by atoms with van der Waals surface area (Å²) in [4.78, 5) is 24.8. The predicted molar refractivity (Wildman–Crippen MR) is 75.7 cm³/mol. The molecule has 0 saturated heterocycles. The average molecular weight is 289 g/mol. The van der Waals surface area contributed by atoms with Gasteiger partial charge in [0, 0.05) is 20.1 Å². The van der Waals surface area contributed by atoms with Crippen LogP contribution in [0.2, 0.25) is 0 Å². The van der Waals surface area contributed by atoms with Gasteiger partial charge in [0.15, 0.2) is 0 Å². The second-order valence-electron chi connectivity index (χ2n) is 6.29. The number of hydrogen-bond donors (Lipinski definition) is 1. The molecule has 0 aliphatic heterocycles. The first-order chi connectivity index (χ1) is 8.93. The highest BCUT2D eigenvalue weighted by Crippen LogP contribution is 2.21. The monoisotopic (exact) mass is 289 g/mol. The van der Waals surface area contributed by atoms with Crippen molar-refractivity contribution in [1.29, 1.82) is 0 Å². The second-order valence-corrected chi connectivity index (χ2v) is 6.29. The molecule has 0 radical (unpaired) electrons. The number of carboxylic acid groups (broad SMARTS) is 1. The lowest BCUT2D eigenvalue weighted by Crippen LogP contribution is -2.50. The van der Waals surface area contributed by atoms with E-state index in [1.54, 1.807) is 41.5 Å². The minimum absolute atomic E-state index is 0.186. The van der Waals surface area contributed by atoms with Gasteiger partial charge in [-0.2, -0.15) is 0 Å². The van der Waals surface area contributed by atoms with Crippen LogP contribution in [0.5, 0.6) is 0 Å². The van der Waals surface area contributed by atoms with Crippen LogP contribution in [0.3, 0.4) is 0 Å². The molecular formula is C14H27NO5. The van der Waals surface area contributed by atoms with Crippen molar-refractivity contribution in [2.75, 3.05) is 13.7 Å². The van der Waals surface area contributed by atoms with Crippen molar-refractivity contribution >= 4 is 12.1 Å². The molecule has 0 fully saturated rings. The van der Waals surface area contributed by atoms with Crippen molar-refractivity contribution in [1.82, 2.24) is 4.90 Å². The third kappa shape index (κ3) is 6.23. The molecule has 0 aromatic heterocycles. The Bertz CT molecular complexity index is 346. The SMILES string of the molecule is CCN(C(=O)OC(C)(C)C)C(CC(C)(C)OC)C(=O)O. The van der Waals surface area contributed by atoms with E-state index in [0.717, 1.165) is 0 Å². The van der Waals surface area contributed by atoms with Crippen molar-refractivity contribution in [3.05, 3.63) is 0 Å². The fourth-order valence-corrected chi connectivity index (χ4v) is 1.68. The first-order valence-corrected chi connectivity index (χ1v) is 6.71. The lowest BCUT2D eigenvalue weighted by Gasteiger charge is -2.34. The third-order valence-electron chi connectivity index (χ3n) is 2.87. The van der Waals surface area contributed by atoms with Crippen molar-refractivity contribution in [3.63, 3.8) is 0 Å². The van der Waals surface area contributed by atoms with Crippen LogP contribution in [-0.4, -0.2) is 53.0 Å². The summed E-state index contributed by atoms with van der Waals surface area (Å²) in [6.45, 7) is 10.8. The van der Waals surface area contributed by atoms with E-state index in [2.05, 4.69) is 0 Å². The number of amides is 1. The lowest BCUT2D eigenvalue weighted by atomic mass is 9.98. The maximum Gasteiger partial charge on any atom is 0.411 e. The molecule has 0 heterocycles. The maximum atomic E-state index is 12.1. The molecule has 6 nitrogen and oxygen atoms in total. The molecule has 1 N–H and O–H groups in total. The first kappa shape index (κ1) is 18.7. The maximum absolute atomic E-state index is 12.1. The second kappa shape index (κ2) is 6.92. The Morgan fingerprint density at radius 3 is 2.00 bits per heavy atom. The van der Waals surface area contributed by atoms with Crippen LogP contribution in [0, 0.1) is 0 Å². The Morgan fingerprint density at radius 2 is 1.70 bits per heavy atom. The Morgan fingerprint density at radius 1 is 1.20 bits per heavy atom. The van der Waals surface area contributed by atoms with Gasteiger partial charge in [-0.1, -0.05) is 0 Å². The summed E-state index contributed by atoms with van der Waals surface area (Å²) in [5.41, 5.74) is -1.30. The highest BCUT2D eigenvalue weighted by atomic mass is 16.6. The van der Waals surface area contributed by atoms with Gasteiger partial charge in [-0.15, -0.1) is 0 Å². The fraction of sp³-hybridized carbons (Fsp3) is 0.857. The Labute approximate surface area is 121 Å². The van der Waals surface area contributed by atoms with E-state index in [9.17, 15) is 14.7 Å². The van der Waals surface area contributed by atoms with Gasteiger partial charge in [0.1, 0.15) is 11.6 Å². The van der Waals surface area contributed by atoms with E-state index in [-0.39, 0.29) is 13.0 Å². The Balaban J connectivity index is 5.12. The van der Waals surface area contributed by atoms with E-state index in [1.807, 2.05) is 0 Å². The number of carbonyl (C=O) groups is 2. The first-order valence-electron chi connectivity index (χ1n) is 6.71. The van der Waals surface area contributed by atoms with Crippen LogP contribution < -0.4 is 0 Å². The molecule has 0 spiro atoms. The van der Waals surface area contributed by atoms with Gasteiger partial charge in [-0.05, 0) is 41.5 Å². The molecule has 20 heavy (non-hydrogen) atoms. The van der Waals surface area contributed by atoms with Gasteiger partial charge >= 0.3 is 12.1 Å². The number of methoxy groups -OCH3 is 1. The van der Waals surface area contributed by atoms with E-state index in [1.165, 1.54) is 12.0 Å². The Kier molecular flexibility index (Phi) is 6.47. The summed E-state index contributed by atoms with van der Waals surface area (Å²) in [5.74, 6) is -1.07. The highest BCUT2D eigenvalue weighted by molar-refractivity contribution is 5.80. The molecule has 0 saturated carbocycles. The smallest absolute Gasteiger partial charge is 0.411 e. The number of nitrogens with zero attached hydrogens (tertiary/aromatic N) is 1. The minimum atomic E-state index is -1.07. The zero-order valence-electron chi connectivity index (χ0n) is 13.5. The quantitative estimate of drug-likeness (QED) is 0.813. The normalized spacial score (nSPS) is 13.8. The number of likely N-dealkylation sites (N-methyl/N-ethyl adjacent to an activating group) is 1.